The standard InChI is InChI=1S/C15H20N4O2/c1-10(2)13-12(16)14(19-18-13)15(20)17-8-9-21-11-6-4-3-5-7-11/h3-7,10H,8-9,16H2,1-2H3,(H,17,20)(H,18,19). The van der Waals surface area contributed by atoms with Crippen LogP contribution in [0.15, 0.2) is 30.3 Å². The molecule has 0 fully saturated rings. The minimum absolute atomic E-state index is 0.195. The molecule has 1 heterocycles. The summed E-state index contributed by atoms with van der Waals surface area (Å²) in [6.07, 6.45) is 0. The summed E-state index contributed by atoms with van der Waals surface area (Å²) < 4.78 is 5.49. The van der Waals surface area contributed by atoms with Crippen molar-refractivity contribution in [1.29, 1.82) is 0 Å². The van der Waals surface area contributed by atoms with Gasteiger partial charge in [0, 0.05) is 0 Å². The molecule has 21 heavy (non-hydrogen) atoms. The number of ether oxygens (including phenoxy) is 1. The van der Waals surface area contributed by atoms with Gasteiger partial charge in [0.15, 0.2) is 5.69 Å². The Morgan fingerprint density at radius 1 is 1.38 bits per heavy atom. The quantitative estimate of drug-likeness (QED) is 0.708. The normalized spacial score (nSPS) is 10.6. The number of hydrogen-bond donors (Lipinski definition) is 3. The Bertz CT molecular complexity index is 593. The highest BCUT2D eigenvalue weighted by atomic mass is 16.5. The summed E-state index contributed by atoms with van der Waals surface area (Å²) in [5.74, 6) is 0.668. The summed E-state index contributed by atoms with van der Waals surface area (Å²) in [7, 11) is 0. The van der Waals surface area contributed by atoms with E-state index in [1.54, 1.807) is 0 Å². The predicted molar refractivity (Wildman–Crippen MR) is 81.4 cm³/mol. The topological polar surface area (TPSA) is 93.0 Å². The van der Waals surface area contributed by atoms with E-state index in [9.17, 15) is 4.79 Å². The number of aromatic amines is 1. The fourth-order valence-electron chi connectivity index (χ4n) is 1.91. The molecular formula is C15H20N4O2. The number of nitrogens with two attached hydrogens (primary N) is 1. The number of amides is 1. The first-order valence-corrected chi connectivity index (χ1v) is 6.89. The van der Waals surface area contributed by atoms with Crippen LogP contribution < -0.4 is 15.8 Å². The van der Waals surface area contributed by atoms with Crippen molar-refractivity contribution in [2.45, 2.75) is 19.8 Å². The highest BCUT2D eigenvalue weighted by Crippen LogP contribution is 2.21. The average Bonchev–Trinajstić information content (AvgIpc) is 2.86. The molecular weight excluding hydrogens is 268 g/mol. The molecule has 0 aliphatic carbocycles. The summed E-state index contributed by atoms with van der Waals surface area (Å²) in [6, 6.07) is 9.43. The van der Waals surface area contributed by atoms with E-state index in [0.29, 0.717) is 18.8 Å². The van der Waals surface area contributed by atoms with Gasteiger partial charge in [-0.1, -0.05) is 32.0 Å². The van der Waals surface area contributed by atoms with Crippen LogP contribution in [-0.2, 0) is 0 Å². The molecule has 0 saturated carbocycles. The molecule has 0 bridgehead atoms. The van der Waals surface area contributed by atoms with Crippen LogP contribution in [0.2, 0.25) is 0 Å². The number of carbonyl (C=O) groups is 1. The van der Waals surface area contributed by atoms with Gasteiger partial charge in [0.05, 0.1) is 17.9 Å². The van der Waals surface area contributed by atoms with E-state index in [-0.39, 0.29) is 17.5 Å². The van der Waals surface area contributed by atoms with Gasteiger partial charge in [-0.2, -0.15) is 5.10 Å². The van der Waals surface area contributed by atoms with Crippen LogP contribution in [0.1, 0.15) is 35.9 Å². The lowest BCUT2D eigenvalue weighted by Gasteiger charge is -2.07. The first kappa shape index (κ1) is 14.9. The van der Waals surface area contributed by atoms with Gasteiger partial charge in [-0.25, -0.2) is 0 Å². The zero-order chi connectivity index (χ0) is 15.2. The van der Waals surface area contributed by atoms with Crippen molar-refractivity contribution in [3.05, 3.63) is 41.7 Å². The lowest BCUT2D eigenvalue weighted by molar-refractivity contribution is 0.0943. The lowest BCUT2D eigenvalue weighted by Crippen LogP contribution is -2.29. The molecule has 0 saturated heterocycles. The average molecular weight is 288 g/mol. The van der Waals surface area contributed by atoms with Gasteiger partial charge in [0.2, 0.25) is 0 Å². The van der Waals surface area contributed by atoms with Crippen molar-refractivity contribution in [2.24, 2.45) is 0 Å². The second-order valence-corrected chi connectivity index (χ2v) is 4.97. The zero-order valence-electron chi connectivity index (χ0n) is 12.2. The Morgan fingerprint density at radius 2 is 2.10 bits per heavy atom. The molecule has 0 unspecified atom stereocenters. The Balaban J connectivity index is 1.82. The molecule has 4 N–H and O–H groups in total. The second-order valence-electron chi connectivity index (χ2n) is 4.97. The first-order chi connectivity index (χ1) is 10.1. The van der Waals surface area contributed by atoms with Crippen LogP contribution in [0.3, 0.4) is 0 Å². The van der Waals surface area contributed by atoms with Gasteiger partial charge in [0.25, 0.3) is 5.91 Å². The Kier molecular flexibility index (Phi) is 4.81. The molecule has 2 rings (SSSR count). The Morgan fingerprint density at radius 3 is 2.71 bits per heavy atom. The minimum Gasteiger partial charge on any atom is -0.492 e. The molecule has 1 aromatic heterocycles. The summed E-state index contributed by atoms with van der Waals surface area (Å²) in [5, 5.41) is 9.51. The molecule has 1 amide bonds. The summed E-state index contributed by atoms with van der Waals surface area (Å²) in [6.45, 7) is 4.74. The maximum Gasteiger partial charge on any atom is 0.274 e. The molecule has 0 aliphatic heterocycles. The number of nitrogens with one attached hydrogen (secondary N) is 2. The fourth-order valence-corrected chi connectivity index (χ4v) is 1.91. The summed E-state index contributed by atoms with van der Waals surface area (Å²) in [5.41, 5.74) is 7.34. The highest BCUT2D eigenvalue weighted by molar-refractivity contribution is 5.97. The van der Waals surface area contributed by atoms with Crippen molar-refractivity contribution in [3.63, 3.8) is 0 Å². The van der Waals surface area contributed by atoms with Crippen LogP contribution in [-0.4, -0.2) is 29.3 Å². The van der Waals surface area contributed by atoms with Crippen LogP contribution in [0.4, 0.5) is 5.69 Å². The lowest BCUT2D eigenvalue weighted by atomic mass is 10.1. The number of nitrogen functional groups attached to an aromatic ring is 1. The number of aromatic nitrogens is 2. The van der Waals surface area contributed by atoms with Crippen LogP contribution in [0.5, 0.6) is 5.75 Å². The molecule has 2 aromatic rings. The smallest absolute Gasteiger partial charge is 0.274 e. The third-order valence-electron chi connectivity index (χ3n) is 3.03. The van der Waals surface area contributed by atoms with E-state index in [0.717, 1.165) is 11.4 Å². The molecule has 0 atom stereocenters. The zero-order valence-corrected chi connectivity index (χ0v) is 12.2. The third kappa shape index (κ3) is 3.75. The number of carbonyl (C=O) groups excluding carboxylic acids is 1. The van der Waals surface area contributed by atoms with Crippen molar-refractivity contribution < 1.29 is 9.53 Å². The van der Waals surface area contributed by atoms with Crippen LogP contribution in [0.25, 0.3) is 0 Å². The van der Waals surface area contributed by atoms with E-state index < -0.39 is 0 Å². The highest BCUT2D eigenvalue weighted by Gasteiger charge is 2.18. The van der Waals surface area contributed by atoms with Gasteiger partial charge in [-0.15, -0.1) is 0 Å². The monoisotopic (exact) mass is 288 g/mol. The molecule has 0 radical (unpaired) electrons. The van der Waals surface area contributed by atoms with Gasteiger partial charge >= 0.3 is 0 Å². The van der Waals surface area contributed by atoms with E-state index >= 15 is 0 Å². The van der Waals surface area contributed by atoms with Gasteiger partial charge in [0.1, 0.15) is 12.4 Å². The van der Waals surface area contributed by atoms with Crippen molar-refractivity contribution in [3.8, 4) is 5.75 Å². The van der Waals surface area contributed by atoms with Gasteiger partial charge in [-0.05, 0) is 18.1 Å². The van der Waals surface area contributed by atoms with E-state index in [4.69, 9.17) is 10.5 Å². The first-order valence-electron chi connectivity index (χ1n) is 6.89. The van der Waals surface area contributed by atoms with Crippen LogP contribution >= 0.6 is 0 Å². The third-order valence-corrected chi connectivity index (χ3v) is 3.03. The number of rotatable bonds is 6. The number of nitrogens with zero attached hydrogens (tertiary/aromatic N) is 1. The van der Waals surface area contributed by atoms with E-state index in [1.807, 2.05) is 44.2 Å². The van der Waals surface area contributed by atoms with E-state index in [1.165, 1.54) is 0 Å². The van der Waals surface area contributed by atoms with Crippen molar-refractivity contribution in [2.75, 3.05) is 18.9 Å². The molecule has 112 valence electrons. The Labute approximate surface area is 123 Å². The van der Waals surface area contributed by atoms with Crippen molar-refractivity contribution >= 4 is 11.6 Å². The molecule has 6 nitrogen and oxygen atoms in total. The number of anilines is 1. The molecule has 6 heteroatoms. The molecule has 0 spiro atoms. The Hall–Kier alpha value is -2.50. The number of benzene rings is 1. The molecule has 0 aliphatic rings. The maximum absolute atomic E-state index is 12.0. The van der Waals surface area contributed by atoms with Crippen molar-refractivity contribution in [1.82, 2.24) is 15.5 Å². The van der Waals surface area contributed by atoms with E-state index in [2.05, 4.69) is 15.5 Å². The summed E-state index contributed by atoms with van der Waals surface area (Å²) >= 11 is 0. The largest absolute Gasteiger partial charge is 0.492 e. The maximum atomic E-state index is 12.0. The predicted octanol–water partition coefficient (Wildman–Crippen LogP) is 1.92. The SMILES string of the molecule is CC(C)c1[nH]nc(C(=O)NCCOc2ccccc2)c1N. The van der Waals surface area contributed by atoms with Crippen LogP contribution in [0, 0.1) is 0 Å². The van der Waals surface area contributed by atoms with Gasteiger partial charge in [-0.3, -0.25) is 9.89 Å². The van der Waals surface area contributed by atoms with Gasteiger partial charge < -0.3 is 15.8 Å². The fraction of sp³-hybridized carbons (Fsp3) is 0.333. The number of H-pyrrole nitrogens is 1. The molecule has 1 aromatic carbocycles. The number of para-hydroxylation sites is 1. The summed E-state index contributed by atoms with van der Waals surface area (Å²) in [4.78, 5) is 12.0. The second kappa shape index (κ2) is 6.78. The number of hydrogen-bond acceptors (Lipinski definition) is 4. The minimum atomic E-state index is -0.299.